The van der Waals surface area contributed by atoms with Gasteiger partial charge in [0, 0.05) is 17.4 Å². The number of rotatable bonds is 4. The summed E-state index contributed by atoms with van der Waals surface area (Å²) >= 11 is 2.32. The maximum absolute atomic E-state index is 11.0. The molecule has 132 valence electrons. The van der Waals surface area contributed by atoms with Crippen molar-refractivity contribution >= 4 is 22.6 Å². The highest BCUT2D eigenvalue weighted by Crippen LogP contribution is 2.55. The number of ether oxygens (including phenoxy) is 1. The van der Waals surface area contributed by atoms with Gasteiger partial charge >= 0.3 is 0 Å². The molecule has 0 radical (unpaired) electrons. The van der Waals surface area contributed by atoms with Gasteiger partial charge in [0.05, 0.1) is 3.57 Å². The number of aryl methyl sites for hydroxylation is 1. The Labute approximate surface area is 159 Å². The summed E-state index contributed by atoms with van der Waals surface area (Å²) in [6.07, 6.45) is 9.05. The van der Waals surface area contributed by atoms with Crippen molar-refractivity contribution in [1.29, 1.82) is 0 Å². The summed E-state index contributed by atoms with van der Waals surface area (Å²) in [7, 11) is 0. The molecule has 2 atom stereocenters. The lowest BCUT2D eigenvalue weighted by atomic mass is 9.67. The third-order valence-electron chi connectivity index (χ3n) is 5.75. The van der Waals surface area contributed by atoms with Crippen LogP contribution in [0.1, 0.15) is 76.8 Å². The summed E-state index contributed by atoms with van der Waals surface area (Å²) in [5.74, 6) is 2.19. The topological polar surface area (TPSA) is 29.5 Å². The van der Waals surface area contributed by atoms with Crippen LogP contribution in [0, 0.1) is 9.49 Å². The molecule has 0 aromatic heterocycles. The fraction of sp³-hybridized carbons (Fsp3) is 0.619. The number of phenolic OH excluding ortho intramolecular Hbond substituents is 1. The van der Waals surface area contributed by atoms with Crippen molar-refractivity contribution in [1.82, 2.24) is 0 Å². The average molecular weight is 440 g/mol. The Kier molecular flexibility index (Phi) is 5.19. The molecule has 0 unspecified atom stereocenters. The lowest BCUT2D eigenvalue weighted by Gasteiger charge is -2.47. The zero-order valence-electron chi connectivity index (χ0n) is 15.3. The van der Waals surface area contributed by atoms with Gasteiger partial charge in [-0.2, -0.15) is 0 Å². The van der Waals surface area contributed by atoms with Gasteiger partial charge in [-0.15, -0.1) is 0 Å². The third kappa shape index (κ3) is 3.21. The molecule has 1 aromatic carbocycles. The molecular weight excluding hydrogens is 411 g/mol. The molecule has 0 saturated heterocycles. The van der Waals surface area contributed by atoms with Crippen LogP contribution in [-0.4, -0.2) is 10.7 Å². The van der Waals surface area contributed by atoms with Crippen LogP contribution in [0.2, 0.25) is 0 Å². The first-order valence-electron chi connectivity index (χ1n) is 9.24. The summed E-state index contributed by atoms with van der Waals surface area (Å²) < 4.78 is 7.44. The fourth-order valence-electron chi connectivity index (χ4n) is 4.37. The Balaban J connectivity index is 2.03. The minimum absolute atomic E-state index is 0.186. The molecule has 0 fully saturated rings. The van der Waals surface area contributed by atoms with Crippen LogP contribution in [0.5, 0.6) is 11.5 Å². The van der Waals surface area contributed by atoms with Crippen LogP contribution >= 0.6 is 22.6 Å². The molecule has 3 heteroatoms. The van der Waals surface area contributed by atoms with E-state index in [-0.39, 0.29) is 5.60 Å². The highest BCUT2D eigenvalue weighted by Gasteiger charge is 2.46. The molecule has 24 heavy (non-hydrogen) atoms. The van der Waals surface area contributed by atoms with E-state index < -0.39 is 0 Å². The molecule has 1 aliphatic carbocycles. The highest BCUT2D eigenvalue weighted by molar-refractivity contribution is 14.1. The maximum atomic E-state index is 11.0. The van der Waals surface area contributed by atoms with E-state index in [1.807, 2.05) is 0 Å². The number of hydrogen-bond acceptors (Lipinski definition) is 2. The van der Waals surface area contributed by atoms with Crippen LogP contribution in [0.3, 0.4) is 0 Å². The second-order valence-corrected chi connectivity index (χ2v) is 9.05. The second kappa shape index (κ2) is 6.89. The zero-order chi connectivity index (χ0) is 17.5. The van der Waals surface area contributed by atoms with Gasteiger partial charge in [0.25, 0.3) is 0 Å². The molecule has 2 aliphatic rings. The number of allylic oxidation sites excluding steroid dienone is 2. The van der Waals surface area contributed by atoms with Crippen molar-refractivity contribution in [3.05, 3.63) is 32.4 Å². The Morgan fingerprint density at radius 3 is 2.79 bits per heavy atom. The first kappa shape index (κ1) is 18.1. The minimum Gasteiger partial charge on any atom is -0.506 e. The zero-order valence-corrected chi connectivity index (χ0v) is 17.4. The Morgan fingerprint density at radius 2 is 2.08 bits per heavy atom. The quantitative estimate of drug-likeness (QED) is 0.336. The van der Waals surface area contributed by atoms with Crippen molar-refractivity contribution in [3.8, 4) is 11.5 Å². The highest BCUT2D eigenvalue weighted by atomic mass is 127. The number of fused-ring (bicyclic) bond motifs is 3. The van der Waals surface area contributed by atoms with Gasteiger partial charge in [0.2, 0.25) is 0 Å². The Morgan fingerprint density at radius 1 is 1.33 bits per heavy atom. The van der Waals surface area contributed by atoms with Crippen molar-refractivity contribution in [3.63, 3.8) is 0 Å². The van der Waals surface area contributed by atoms with Gasteiger partial charge in [0.15, 0.2) is 0 Å². The predicted molar refractivity (Wildman–Crippen MR) is 108 cm³/mol. The molecule has 1 aromatic rings. The summed E-state index contributed by atoms with van der Waals surface area (Å²) in [6.45, 7) is 8.83. The van der Waals surface area contributed by atoms with Crippen LogP contribution < -0.4 is 4.74 Å². The van der Waals surface area contributed by atoms with Crippen molar-refractivity contribution < 1.29 is 9.84 Å². The molecular formula is C21H29IO2. The number of halogens is 1. The fourth-order valence-corrected chi connectivity index (χ4v) is 5.09. The molecule has 0 amide bonds. The molecule has 0 bridgehead atoms. The summed E-state index contributed by atoms with van der Waals surface area (Å²) in [5.41, 5.74) is 3.53. The molecule has 0 spiro atoms. The van der Waals surface area contributed by atoms with Gasteiger partial charge in [0.1, 0.15) is 17.1 Å². The number of benzene rings is 1. The van der Waals surface area contributed by atoms with E-state index in [9.17, 15) is 5.11 Å². The number of aromatic hydroxyl groups is 1. The monoisotopic (exact) mass is 440 g/mol. The van der Waals surface area contributed by atoms with Crippen LogP contribution in [0.15, 0.2) is 17.7 Å². The molecule has 1 N–H and O–H groups in total. The van der Waals surface area contributed by atoms with E-state index in [0.29, 0.717) is 17.6 Å². The van der Waals surface area contributed by atoms with Crippen molar-refractivity contribution in [2.24, 2.45) is 5.92 Å². The molecule has 1 heterocycles. The Hall–Kier alpha value is -0.710. The minimum atomic E-state index is -0.186. The SMILES string of the molecule is CCCCCc1cc2c(c(O)c1I)[C@@H]1CC(C)=CC[C@H]1C(C)(C)O2. The number of unbranched alkanes of at least 4 members (excludes halogenated alkanes) is 2. The number of phenols is 1. The van der Waals surface area contributed by atoms with E-state index in [1.165, 1.54) is 30.4 Å². The lowest BCUT2D eigenvalue weighted by molar-refractivity contribution is 0.00745. The average Bonchev–Trinajstić information content (AvgIpc) is 2.51. The standard InChI is InChI=1S/C21H29IO2/c1-5-6-7-8-14-12-17-18(20(23)19(14)22)15-11-13(2)9-10-16(15)21(3,4)24-17/h9,12,15-16,23H,5-8,10-11H2,1-4H3/t15-,16-/m1/s1. The van der Waals surface area contributed by atoms with E-state index in [1.54, 1.807) is 0 Å². The first-order valence-corrected chi connectivity index (χ1v) is 10.3. The van der Waals surface area contributed by atoms with Gasteiger partial charge in [-0.05, 0) is 80.7 Å². The van der Waals surface area contributed by atoms with Gasteiger partial charge in [-0.1, -0.05) is 31.4 Å². The van der Waals surface area contributed by atoms with E-state index in [2.05, 4.69) is 62.4 Å². The van der Waals surface area contributed by atoms with Crippen molar-refractivity contribution in [2.75, 3.05) is 0 Å². The van der Waals surface area contributed by atoms with E-state index in [4.69, 9.17) is 4.74 Å². The first-order chi connectivity index (χ1) is 11.3. The van der Waals surface area contributed by atoms with Crippen LogP contribution in [0.4, 0.5) is 0 Å². The largest absolute Gasteiger partial charge is 0.506 e. The van der Waals surface area contributed by atoms with E-state index in [0.717, 1.165) is 34.1 Å². The number of hydrogen-bond donors (Lipinski definition) is 1. The van der Waals surface area contributed by atoms with Crippen molar-refractivity contribution in [2.45, 2.75) is 77.7 Å². The van der Waals surface area contributed by atoms with Gasteiger partial charge in [-0.25, -0.2) is 0 Å². The summed E-state index contributed by atoms with van der Waals surface area (Å²) in [5, 5.41) is 11.0. The van der Waals surface area contributed by atoms with E-state index >= 15 is 0 Å². The van der Waals surface area contributed by atoms with Gasteiger partial charge < -0.3 is 9.84 Å². The second-order valence-electron chi connectivity index (χ2n) is 7.98. The van der Waals surface area contributed by atoms with Crippen LogP contribution in [-0.2, 0) is 6.42 Å². The summed E-state index contributed by atoms with van der Waals surface area (Å²) in [4.78, 5) is 0. The van der Waals surface area contributed by atoms with Crippen LogP contribution in [0.25, 0.3) is 0 Å². The normalized spacial score (nSPS) is 24.6. The lowest BCUT2D eigenvalue weighted by Crippen LogP contribution is -2.45. The Bertz CT molecular complexity index is 660. The molecule has 3 rings (SSSR count). The van der Waals surface area contributed by atoms with Gasteiger partial charge in [-0.3, -0.25) is 0 Å². The smallest absolute Gasteiger partial charge is 0.136 e. The molecule has 1 aliphatic heterocycles. The third-order valence-corrected chi connectivity index (χ3v) is 6.95. The predicted octanol–water partition coefficient (Wildman–Crippen LogP) is 6.34. The molecule has 2 nitrogen and oxygen atoms in total. The molecule has 0 saturated carbocycles. The maximum Gasteiger partial charge on any atom is 0.136 e. The summed E-state index contributed by atoms with van der Waals surface area (Å²) in [6, 6.07) is 2.21.